The Hall–Kier alpha value is -0.930. The summed E-state index contributed by atoms with van der Waals surface area (Å²) in [5, 5.41) is 3.38. The molecule has 0 unspecified atom stereocenters. The summed E-state index contributed by atoms with van der Waals surface area (Å²) in [6, 6.07) is 6.62. The van der Waals surface area contributed by atoms with Crippen LogP contribution in [0.3, 0.4) is 0 Å². The summed E-state index contributed by atoms with van der Waals surface area (Å²) in [5.74, 6) is 0. The highest BCUT2D eigenvalue weighted by molar-refractivity contribution is 5.09. The molecule has 1 aliphatic rings. The predicted octanol–water partition coefficient (Wildman–Crippen LogP) is 0.878. The number of pyridine rings is 1. The highest BCUT2D eigenvalue weighted by Crippen LogP contribution is 2.02. The summed E-state index contributed by atoms with van der Waals surface area (Å²) in [5.41, 5.74) is 2.18. The summed E-state index contributed by atoms with van der Waals surface area (Å²) in [6.45, 7) is 4.53. The van der Waals surface area contributed by atoms with Crippen LogP contribution in [0.2, 0.25) is 0 Å². The normalized spacial score (nSPS) is 17.0. The number of hydrogen-bond donors (Lipinski definition) is 1. The zero-order valence-electron chi connectivity index (χ0n) is 7.79. The Bertz CT molecular complexity index is 284. The SMILES string of the molecule is Cc1cccc(CNC2COC2)n1. The van der Waals surface area contributed by atoms with Crippen molar-refractivity contribution in [2.24, 2.45) is 0 Å². The molecule has 70 valence electrons. The maximum absolute atomic E-state index is 5.06. The fraction of sp³-hybridized carbons (Fsp3) is 0.500. The summed E-state index contributed by atoms with van der Waals surface area (Å²) in [6.07, 6.45) is 0. The van der Waals surface area contributed by atoms with E-state index in [-0.39, 0.29) is 0 Å². The zero-order chi connectivity index (χ0) is 9.10. The molecule has 0 spiro atoms. The molecule has 3 heteroatoms. The number of aromatic nitrogens is 1. The summed E-state index contributed by atoms with van der Waals surface area (Å²) in [4.78, 5) is 4.40. The molecule has 0 atom stereocenters. The van der Waals surface area contributed by atoms with Gasteiger partial charge in [0.25, 0.3) is 0 Å². The Labute approximate surface area is 78.1 Å². The van der Waals surface area contributed by atoms with Crippen LogP contribution in [0.15, 0.2) is 18.2 Å². The van der Waals surface area contributed by atoms with E-state index in [2.05, 4.69) is 10.3 Å². The second kappa shape index (κ2) is 3.85. The Balaban J connectivity index is 1.86. The first-order valence-corrected chi connectivity index (χ1v) is 4.58. The summed E-state index contributed by atoms with van der Waals surface area (Å²) in [7, 11) is 0. The van der Waals surface area contributed by atoms with Crippen molar-refractivity contribution in [2.45, 2.75) is 19.5 Å². The Kier molecular flexibility index (Phi) is 2.57. The van der Waals surface area contributed by atoms with Gasteiger partial charge in [-0.15, -0.1) is 0 Å². The largest absolute Gasteiger partial charge is 0.378 e. The third-order valence-corrected chi connectivity index (χ3v) is 2.16. The van der Waals surface area contributed by atoms with Gasteiger partial charge in [0.1, 0.15) is 0 Å². The van der Waals surface area contributed by atoms with Gasteiger partial charge in [-0.2, -0.15) is 0 Å². The van der Waals surface area contributed by atoms with Crippen molar-refractivity contribution < 1.29 is 4.74 Å². The van der Waals surface area contributed by atoms with Crippen molar-refractivity contribution in [2.75, 3.05) is 13.2 Å². The maximum atomic E-state index is 5.06. The van der Waals surface area contributed by atoms with Gasteiger partial charge < -0.3 is 10.1 Å². The van der Waals surface area contributed by atoms with E-state index in [0.29, 0.717) is 6.04 Å². The molecule has 0 saturated carbocycles. The number of nitrogens with one attached hydrogen (secondary N) is 1. The van der Waals surface area contributed by atoms with Crippen molar-refractivity contribution in [3.63, 3.8) is 0 Å². The number of rotatable bonds is 3. The highest BCUT2D eigenvalue weighted by Gasteiger charge is 2.16. The van der Waals surface area contributed by atoms with Gasteiger partial charge in [0, 0.05) is 12.2 Å². The van der Waals surface area contributed by atoms with Crippen LogP contribution in [-0.2, 0) is 11.3 Å². The molecule has 1 fully saturated rings. The van der Waals surface area contributed by atoms with E-state index in [9.17, 15) is 0 Å². The topological polar surface area (TPSA) is 34.1 Å². The van der Waals surface area contributed by atoms with Crippen molar-refractivity contribution in [3.8, 4) is 0 Å². The lowest BCUT2D eigenvalue weighted by Gasteiger charge is -2.26. The monoisotopic (exact) mass is 178 g/mol. The molecule has 1 N–H and O–H groups in total. The minimum Gasteiger partial charge on any atom is -0.378 e. The van der Waals surface area contributed by atoms with E-state index in [0.717, 1.165) is 31.1 Å². The van der Waals surface area contributed by atoms with E-state index >= 15 is 0 Å². The smallest absolute Gasteiger partial charge is 0.0643 e. The quantitative estimate of drug-likeness (QED) is 0.746. The summed E-state index contributed by atoms with van der Waals surface area (Å²) >= 11 is 0. The Morgan fingerprint density at radius 3 is 3.00 bits per heavy atom. The van der Waals surface area contributed by atoms with E-state index in [4.69, 9.17) is 4.74 Å². The van der Waals surface area contributed by atoms with Crippen LogP contribution in [0.25, 0.3) is 0 Å². The number of nitrogens with zero attached hydrogens (tertiary/aromatic N) is 1. The molecule has 1 aromatic heterocycles. The second-order valence-corrected chi connectivity index (χ2v) is 3.39. The molecule has 0 amide bonds. The lowest BCUT2D eigenvalue weighted by Crippen LogP contribution is -2.45. The fourth-order valence-electron chi connectivity index (χ4n) is 1.30. The molecule has 2 rings (SSSR count). The van der Waals surface area contributed by atoms with Crippen LogP contribution in [0, 0.1) is 6.92 Å². The standard InChI is InChI=1S/C10H14N2O/c1-8-3-2-4-9(12-8)5-11-10-6-13-7-10/h2-4,10-11H,5-7H2,1H3. The molecule has 0 bridgehead atoms. The lowest BCUT2D eigenvalue weighted by molar-refractivity contribution is -0.00591. The van der Waals surface area contributed by atoms with Crippen molar-refractivity contribution in [1.29, 1.82) is 0 Å². The van der Waals surface area contributed by atoms with Gasteiger partial charge >= 0.3 is 0 Å². The molecule has 1 aliphatic heterocycles. The molecule has 2 heterocycles. The van der Waals surface area contributed by atoms with Gasteiger partial charge in [-0.1, -0.05) is 6.07 Å². The molecule has 0 aliphatic carbocycles. The number of aryl methyl sites for hydroxylation is 1. The first kappa shape index (κ1) is 8.66. The second-order valence-electron chi connectivity index (χ2n) is 3.39. The van der Waals surface area contributed by atoms with Crippen LogP contribution < -0.4 is 5.32 Å². The molecular formula is C10H14N2O. The molecule has 13 heavy (non-hydrogen) atoms. The summed E-state index contributed by atoms with van der Waals surface area (Å²) < 4.78 is 5.06. The first-order valence-electron chi connectivity index (χ1n) is 4.58. The molecule has 3 nitrogen and oxygen atoms in total. The average molecular weight is 178 g/mol. The molecule has 1 aromatic rings. The lowest BCUT2D eigenvalue weighted by atomic mass is 10.2. The Morgan fingerprint density at radius 2 is 2.38 bits per heavy atom. The third kappa shape index (κ3) is 2.26. The van der Waals surface area contributed by atoms with Gasteiger partial charge in [-0.05, 0) is 19.1 Å². The molecule has 1 saturated heterocycles. The van der Waals surface area contributed by atoms with Crippen LogP contribution >= 0.6 is 0 Å². The van der Waals surface area contributed by atoms with Crippen LogP contribution in [0.4, 0.5) is 0 Å². The van der Waals surface area contributed by atoms with Gasteiger partial charge in [0.05, 0.1) is 24.9 Å². The van der Waals surface area contributed by atoms with Gasteiger partial charge in [-0.25, -0.2) is 0 Å². The molecular weight excluding hydrogens is 164 g/mol. The first-order chi connectivity index (χ1) is 6.34. The van der Waals surface area contributed by atoms with Gasteiger partial charge in [0.2, 0.25) is 0 Å². The van der Waals surface area contributed by atoms with Crippen molar-refractivity contribution in [3.05, 3.63) is 29.6 Å². The fourth-order valence-corrected chi connectivity index (χ4v) is 1.30. The van der Waals surface area contributed by atoms with Crippen molar-refractivity contribution >= 4 is 0 Å². The van der Waals surface area contributed by atoms with E-state index < -0.39 is 0 Å². The van der Waals surface area contributed by atoms with Crippen molar-refractivity contribution in [1.82, 2.24) is 10.3 Å². The van der Waals surface area contributed by atoms with Gasteiger partial charge in [0.15, 0.2) is 0 Å². The molecule has 0 radical (unpaired) electrons. The minimum absolute atomic E-state index is 0.530. The van der Waals surface area contributed by atoms with Crippen LogP contribution in [-0.4, -0.2) is 24.2 Å². The minimum atomic E-state index is 0.530. The number of ether oxygens (including phenoxy) is 1. The highest BCUT2D eigenvalue weighted by atomic mass is 16.5. The van der Waals surface area contributed by atoms with E-state index in [1.807, 2.05) is 25.1 Å². The van der Waals surface area contributed by atoms with Gasteiger partial charge in [-0.3, -0.25) is 4.98 Å². The maximum Gasteiger partial charge on any atom is 0.0643 e. The number of hydrogen-bond acceptors (Lipinski definition) is 3. The van der Waals surface area contributed by atoms with E-state index in [1.165, 1.54) is 0 Å². The average Bonchev–Trinajstić information content (AvgIpc) is 2.01. The zero-order valence-corrected chi connectivity index (χ0v) is 7.79. The van der Waals surface area contributed by atoms with E-state index in [1.54, 1.807) is 0 Å². The Morgan fingerprint density at radius 1 is 1.54 bits per heavy atom. The van der Waals surface area contributed by atoms with Crippen LogP contribution in [0.1, 0.15) is 11.4 Å². The third-order valence-electron chi connectivity index (χ3n) is 2.16. The predicted molar refractivity (Wildman–Crippen MR) is 50.4 cm³/mol. The molecule has 0 aromatic carbocycles. The van der Waals surface area contributed by atoms with Crippen LogP contribution in [0.5, 0.6) is 0 Å².